The summed E-state index contributed by atoms with van der Waals surface area (Å²) in [4.78, 5) is 20.2. The van der Waals surface area contributed by atoms with Crippen LogP contribution in [0.5, 0.6) is 0 Å². The fourth-order valence-electron chi connectivity index (χ4n) is 2.21. The maximum atomic E-state index is 11.8. The highest BCUT2D eigenvalue weighted by molar-refractivity contribution is 6.33. The van der Waals surface area contributed by atoms with E-state index < -0.39 is 0 Å². The Morgan fingerprint density at radius 2 is 2.22 bits per heavy atom. The predicted molar refractivity (Wildman–Crippen MR) is 90.4 cm³/mol. The molecule has 23 heavy (non-hydrogen) atoms. The van der Waals surface area contributed by atoms with Gasteiger partial charge in [-0.15, -0.1) is 0 Å². The molecule has 6 heteroatoms. The van der Waals surface area contributed by atoms with Gasteiger partial charge in [0.2, 0.25) is 11.8 Å². The van der Waals surface area contributed by atoms with Crippen molar-refractivity contribution in [1.82, 2.24) is 9.97 Å². The monoisotopic (exact) mass is 329 g/mol. The molecule has 0 bridgehead atoms. The summed E-state index contributed by atoms with van der Waals surface area (Å²) in [5.74, 6) is 0.397. The molecule has 0 saturated heterocycles. The van der Waals surface area contributed by atoms with Crippen LogP contribution in [0.2, 0.25) is 5.02 Å². The van der Waals surface area contributed by atoms with Crippen molar-refractivity contribution in [3.63, 3.8) is 0 Å². The minimum atomic E-state index is -0.0123. The lowest BCUT2D eigenvalue weighted by molar-refractivity contribution is -0.116. The van der Waals surface area contributed by atoms with Gasteiger partial charge in [0.1, 0.15) is 0 Å². The average molecular weight is 330 g/mol. The lowest BCUT2D eigenvalue weighted by Crippen LogP contribution is -2.10. The number of oxazole rings is 1. The molecule has 2 heterocycles. The van der Waals surface area contributed by atoms with Crippen molar-refractivity contribution in [1.29, 1.82) is 0 Å². The fraction of sp³-hybridized carbons (Fsp3) is 0.235. The second kappa shape index (κ2) is 6.79. The van der Waals surface area contributed by atoms with E-state index in [0.717, 1.165) is 12.8 Å². The Labute approximate surface area is 138 Å². The summed E-state index contributed by atoms with van der Waals surface area (Å²) < 4.78 is 5.66. The number of halogens is 1. The SMILES string of the molecule is CCCCC(=O)Nc1ccc(-c2nc3ncccc3o2)c(Cl)c1. The molecular formula is C17H16ClN3O2. The summed E-state index contributed by atoms with van der Waals surface area (Å²) in [7, 11) is 0. The molecule has 1 N–H and O–H groups in total. The maximum absolute atomic E-state index is 11.8. The van der Waals surface area contributed by atoms with Crippen LogP contribution in [0.4, 0.5) is 5.69 Å². The van der Waals surface area contributed by atoms with Crippen molar-refractivity contribution in [3.05, 3.63) is 41.6 Å². The normalized spacial score (nSPS) is 10.9. The molecule has 5 nitrogen and oxygen atoms in total. The number of nitrogens with one attached hydrogen (secondary N) is 1. The largest absolute Gasteiger partial charge is 0.434 e. The van der Waals surface area contributed by atoms with Crippen LogP contribution in [-0.2, 0) is 4.79 Å². The molecule has 118 valence electrons. The second-order valence-electron chi connectivity index (χ2n) is 5.19. The number of hydrogen-bond acceptors (Lipinski definition) is 4. The predicted octanol–water partition coefficient (Wildman–Crippen LogP) is 4.67. The standard InChI is InChI=1S/C17H16ClN3O2/c1-2-3-6-15(22)20-11-7-8-12(13(18)10-11)17-21-16-14(23-17)5-4-9-19-16/h4-5,7-10H,2-3,6H2,1H3,(H,20,22). The number of anilines is 1. The van der Waals surface area contributed by atoms with Crippen molar-refractivity contribution in [2.45, 2.75) is 26.2 Å². The molecule has 0 fully saturated rings. The van der Waals surface area contributed by atoms with E-state index in [4.69, 9.17) is 16.0 Å². The van der Waals surface area contributed by atoms with Gasteiger partial charge in [0.25, 0.3) is 0 Å². The van der Waals surface area contributed by atoms with E-state index >= 15 is 0 Å². The lowest BCUT2D eigenvalue weighted by Gasteiger charge is -2.07. The Hall–Kier alpha value is -2.40. The van der Waals surface area contributed by atoms with E-state index in [1.165, 1.54) is 0 Å². The van der Waals surface area contributed by atoms with Gasteiger partial charge in [-0.2, -0.15) is 4.98 Å². The van der Waals surface area contributed by atoms with Gasteiger partial charge < -0.3 is 9.73 Å². The third kappa shape index (κ3) is 3.51. The van der Waals surface area contributed by atoms with Gasteiger partial charge in [0, 0.05) is 18.3 Å². The van der Waals surface area contributed by atoms with Crippen LogP contribution in [0.1, 0.15) is 26.2 Å². The number of rotatable bonds is 5. The van der Waals surface area contributed by atoms with Crippen molar-refractivity contribution in [2.24, 2.45) is 0 Å². The van der Waals surface area contributed by atoms with Crippen LogP contribution < -0.4 is 5.32 Å². The average Bonchev–Trinajstić information content (AvgIpc) is 2.96. The molecule has 1 aromatic carbocycles. The summed E-state index contributed by atoms with van der Waals surface area (Å²) in [5.41, 5.74) is 2.47. The van der Waals surface area contributed by atoms with Crippen LogP contribution in [0.3, 0.4) is 0 Å². The van der Waals surface area contributed by atoms with Crippen molar-refractivity contribution in [3.8, 4) is 11.5 Å². The molecule has 0 radical (unpaired) electrons. The van der Waals surface area contributed by atoms with Gasteiger partial charge >= 0.3 is 0 Å². The molecule has 0 atom stereocenters. The zero-order valence-corrected chi connectivity index (χ0v) is 13.4. The highest BCUT2D eigenvalue weighted by atomic mass is 35.5. The van der Waals surface area contributed by atoms with Crippen molar-refractivity contribution >= 4 is 34.4 Å². The first kappa shape index (κ1) is 15.5. The van der Waals surface area contributed by atoms with Gasteiger partial charge in [0.15, 0.2) is 11.2 Å². The molecular weight excluding hydrogens is 314 g/mol. The Morgan fingerprint density at radius 3 is 2.96 bits per heavy atom. The molecule has 0 aliphatic carbocycles. The number of carbonyl (C=O) groups excluding carboxylic acids is 1. The molecule has 0 unspecified atom stereocenters. The number of benzene rings is 1. The summed E-state index contributed by atoms with van der Waals surface area (Å²) >= 11 is 6.31. The third-order valence-corrected chi connectivity index (χ3v) is 3.72. The van der Waals surface area contributed by atoms with E-state index in [0.29, 0.717) is 39.8 Å². The number of amides is 1. The molecule has 0 saturated carbocycles. The number of carbonyl (C=O) groups is 1. The van der Waals surface area contributed by atoms with Crippen LogP contribution in [0, 0.1) is 0 Å². The Balaban J connectivity index is 1.83. The number of fused-ring (bicyclic) bond motifs is 1. The minimum absolute atomic E-state index is 0.0123. The van der Waals surface area contributed by atoms with Gasteiger partial charge in [-0.05, 0) is 36.8 Å². The summed E-state index contributed by atoms with van der Waals surface area (Å²) in [5, 5.41) is 3.30. The number of unbranched alkanes of at least 4 members (excludes halogenated alkanes) is 1. The van der Waals surface area contributed by atoms with E-state index in [1.54, 1.807) is 36.5 Å². The van der Waals surface area contributed by atoms with Crippen molar-refractivity contribution < 1.29 is 9.21 Å². The van der Waals surface area contributed by atoms with Gasteiger partial charge in [-0.25, -0.2) is 4.98 Å². The molecule has 3 rings (SSSR count). The Morgan fingerprint density at radius 1 is 1.35 bits per heavy atom. The zero-order chi connectivity index (χ0) is 16.2. The highest BCUT2D eigenvalue weighted by Crippen LogP contribution is 2.31. The summed E-state index contributed by atoms with van der Waals surface area (Å²) in [6.07, 6.45) is 4.02. The van der Waals surface area contributed by atoms with Gasteiger partial charge in [0.05, 0.1) is 10.6 Å². The van der Waals surface area contributed by atoms with E-state index in [9.17, 15) is 4.79 Å². The summed E-state index contributed by atoms with van der Waals surface area (Å²) in [6, 6.07) is 8.85. The molecule has 2 aromatic heterocycles. The first-order valence-electron chi connectivity index (χ1n) is 7.48. The third-order valence-electron chi connectivity index (χ3n) is 3.41. The van der Waals surface area contributed by atoms with Gasteiger partial charge in [-0.3, -0.25) is 4.79 Å². The number of aromatic nitrogens is 2. The van der Waals surface area contributed by atoms with Crippen LogP contribution in [0.25, 0.3) is 22.7 Å². The minimum Gasteiger partial charge on any atom is -0.434 e. The molecule has 3 aromatic rings. The molecule has 0 aliphatic heterocycles. The smallest absolute Gasteiger partial charge is 0.230 e. The zero-order valence-electron chi connectivity index (χ0n) is 12.7. The first-order valence-corrected chi connectivity index (χ1v) is 7.86. The molecule has 1 amide bonds. The number of nitrogens with zero attached hydrogens (tertiary/aromatic N) is 2. The maximum Gasteiger partial charge on any atom is 0.230 e. The topological polar surface area (TPSA) is 68.0 Å². The second-order valence-corrected chi connectivity index (χ2v) is 5.60. The Kier molecular flexibility index (Phi) is 4.57. The van der Waals surface area contributed by atoms with E-state index in [-0.39, 0.29) is 5.91 Å². The quantitative estimate of drug-likeness (QED) is 0.738. The fourth-order valence-corrected chi connectivity index (χ4v) is 2.47. The van der Waals surface area contributed by atoms with Crippen LogP contribution in [0.15, 0.2) is 40.9 Å². The number of pyridine rings is 1. The number of hydrogen-bond donors (Lipinski definition) is 1. The Bertz CT molecular complexity index is 812. The molecule has 0 aliphatic rings. The highest BCUT2D eigenvalue weighted by Gasteiger charge is 2.13. The van der Waals surface area contributed by atoms with Gasteiger partial charge in [-0.1, -0.05) is 24.9 Å². The van der Waals surface area contributed by atoms with Crippen molar-refractivity contribution in [2.75, 3.05) is 5.32 Å². The summed E-state index contributed by atoms with van der Waals surface area (Å²) in [6.45, 7) is 2.05. The van der Waals surface area contributed by atoms with Crippen LogP contribution >= 0.6 is 11.6 Å². The van der Waals surface area contributed by atoms with Crippen LogP contribution in [-0.4, -0.2) is 15.9 Å². The van der Waals surface area contributed by atoms with E-state index in [2.05, 4.69) is 15.3 Å². The lowest BCUT2D eigenvalue weighted by atomic mass is 10.2. The first-order chi connectivity index (χ1) is 11.2. The van der Waals surface area contributed by atoms with E-state index in [1.807, 2.05) is 6.92 Å². The molecule has 0 spiro atoms.